The van der Waals surface area contributed by atoms with Crippen molar-refractivity contribution in [2.24, 2.45) is 0 Å². The number of Topliss-reactive ketones (excluding diaryl/α,β-unsaturated/α-hetero) is 2. The number of halogens is 2. The number of nitrogens with one attached hydrogen (secondary N) is 1. The van der Waals surface area contributed by atoms with Crippen LogP contribution in [0.15, 0.2) is 24.3 Å². The fraction of sp³-hybridized carbons (Fsp3) is 0.278. The summed E-state index contributed by atoms with van der Waals surface area (Å²) in [6.07, 6.45) is 0. The van der Waals surface area contributed by atoms with Crippen molar-refractivity contribution in [2.45, 2.75) is 27.4 Å². The van der Waals surface area contributed by atoms with E-state index in [1.807, 2.05) is 0 Å². The third kappa shape index (κ3) is 4.14. The molecule has 1 aromatic carbocycles. The first-order valence-corrected chi connectivity index (χ1v) is 7.66. The number of aryl methyl sites for hydroxylation is 1. The summed E-state index contributed by atoms with van der Waals surface area (Å²) in [6.45, 7) is 0.947. The summed E-state index contributed by atoms with van der Waals surface area (Å²) >= 11 is 0. The van der Waals surface area contributed by atoms with Gasteiger partial charge in [0.25, 0.3) is 0 Å². The van der Waals surface area contributed by atoms with E-state index < -0.39 is 25.0 Å². The van der Waals surface area contributed by atoms with Gasteiger partial charge in [0.1, 0.15) is 11.3 Å². The summed E-state index contributed by atoms with van der Waals surface area (Å²) in [7, 11) is 0. The van der Waals surface area contributed by atoms with E-state index in [-0.39, 0.29) is 22.8 Å². The molecule has 8 heteroatoms. The number of esters is 1. The largest absolute Gasteiger partial charge is 0.454 e. The van der Waals surface area contributed by atoms with Gasteiger partial charge in [-0.25, -0.2) is 4.79 Å². The van der Waals surface area contributed by atoms with E-state index in [1.54, 1.807) is 13.8 Å². The van der Waals surface area contributed by atoms with Crippen LogP contribution in [0, 0.1) is 13.8 Å². The smallest absolute Gasteiger partial charge is 0.387 e. The average Bonchev–Trinajstić information content (AvgIpc) is 2.87. The van der Waals surface area contributed by atoms with Gasteiger partial charge in [-0.2, -0.15) is 8.78 Å². The molecule has 0 aliphatic heterocycles. The molecule has 0 radical (unpaired) electrons. The summed E-state index contributed by atoms with van der Waals surface area (Å²) < 4.78 is 34.0. The van der Waals surface area contributed by atoms with E-state index in [4.69, 9.17) is 4.74 Å². The number of ether oxygens (including phenoxy) is 2. The Balaban J connectivity index is 2.12. The first-order chi connectivity index (χ1) is 12.2. The van der Waals surface area contributed by atoms with Crippen molar-refractivity contribution in [3.05, 3.63) is 52.3 Å². The lowest BCUT2D eigenvalue weighted by Gasteiger charge is -2.10. The molecule has 0 amide bonds. The Morgan fingerprint density at radius 3 is 2.38 bits per heavy atom. The molecular weight excluding hydrogens is 348 g/mol. The zero-order chi connectivity index (χ0) is 19.4. The molecule has 0 fully saturated rings. The number of rotatable bonds is 7. The molecule has 2 aromatic rings. The Morgan fingerprint density at radius 2 is 1.81 bits per heavy atom. The lowest BCUT2D eigenvalue weighted by atomic mass is 10.1. The van der Waals surface area contributed by atoms with Crippen molar-refractivity contribution in [3.8, 4) is 5.75 Å². The zero-order valence-corrected chi connectivity index (χ0v) is 14.4. The predicted octanol–water partition coefficient (Wildman–Crippen LogP) is 3.48. The molecule has 0 unspecified atom stereocenters. The van der Waals surface area contributed by atoms with Gasteiger partial charge in [0, 0.05) is 11.3 Å². The maximum Gasteiger partial charge on any atom is 0.387 e. The number of carbonyl (C=O) groups is 3. The highest BCUT2D eigenvalue weighted by molar-refractivity contribution is 6.04. The second-order valence-electron chi connectivity index (χ2n) is 5.56. The van der Waals surface area contributed by atoms with Crippen molar-refractivity contribution >= 4 is 17.5 Å². The Kier molecular flexibility index (Phi) is 5.86. The van der Waals surface area contributed by atoms with Crippen LogP contribution in [-0.4, -0.2) is 35.7 Å². The number of para-hydroxylation sites is 1. The molecule has 0 atom stereocenters. The van der Waals surface area contributed by atoms with E-state index in [0.29, 0.717) is 16.8 Å². The standard InChI is InChI=1S/C18H17F2NO5/c1-9-15(11(3)22)10(2)21-16(9)13(23)8-25-17(24)12-6-4-5-7-14(12)26-18(19)20/h4-7,18,21H,8H2,1-3H3. The Morgan fingerprint density at radius 1 is 1.15 bits per heavy atom. The quantitative estimate of drug-likeness (QED) is 0.600. The van der Waals surface area contributed by atoms with Crippen LogP contribution in [0.4, 0.5) is 8.78 Å². The lowest BCUT2D eigenvalue weighted by molar-refractivity contribution is -0.0504. The van der Waals surface area contributed by atoms with Crippen molar-refractivity contribution in [1.29, 1.82) is 0 Å². The summed E-state index contributed by atoms with van der Waals surface area (Å²) in [5.41, 5.74) is 1.37. The van der Waals surface area contributed by atoms with Crippen LogP contribution >= 0.6 is 0 Å². The lowest BCUT2D eigenvalue weighted by Crippen LogP contribution is -2.16. The SMILES string of the molecule is CC(=O)c1c(C)[nH]c(C(=O)COC(=O)c2ccccc2OC(F)F)c1C. The van der Waals surface area contributed by atoms with Crippen LogP contribution in [-0.2, 0) is 4.74 Å². The normalized spacial score (nSPS) is 10.7. The summed E-state index contributed by atoms with van der Waals surface area (Å²) in [4.78, 5) is 38.8. The molecule has 26 heavy (non-hydrogen) atoms. The zero-order valence-electron chi connectivity index (χ0n) is 14.4. The van der Waals surface area contributed by atoms with Crippen LogP contribution in [0.5, 0.6) is 5.75 Å². The van der Waals surface area contributed by atoms with Crippen LogP contribution in [0.2, 0.25) is 0 Å². The van der Waals surface area contributed by atoms with Crippen molar-refractivity contribution in [3.63, 3.8) is 0 Å². The minimum atomic E-state index is -3.10. The average molecular weight is 365 g/mol. The number of carbonyl (C=O) groups excluding carboxylic acids is 3. The summed E-state index contributed by atoms with van der Waals surface area (Å²) in [5, 5.41) is 0. The highest BCUT2D eigenvalue weighted by Crippen LogP contribution is 2.22. The van der Waals surface area contributed by atoms with Crippen LogP contribution < -0.4 is 4.74 Å². The third-order valence-corrected chi connectivity index (χ3v) is 3.73. The first kappa shape index (κ1) is 19.3. The van der Waals surface area contributed by atoms with Crippen LogP contribution in [0.25, 0.3) is 0 Å². The molecule has 0 bridgehead atoms. The molecule has 1 N–H and O–H groups in total. The highest BCUT2D eigenvalue weighted by atomic mass is 19.3. The topological polar surface area (TPSA) is 85.5 Å². The van der Waals surface area contributed by atoms with Gasteiger partial charge in [0.05, 0.1) is 5.69 Å². The van der Waals surface area contributed by atoms with E-state index in [9.17, 15) is 23.2 Å². The maximum absolute atomic E-state index is 12.4. The van der Waals surface area contributed by atoms with Gasteiger partial charge in [-0.05, 0) is 38.5 Å². The number of aromatic amines is 1. The molecule has 1 aromatic heterocycles. The van der Waals surface area contributed by atoms with Gasteiger partial charge in [0.15, 0.2) is 12.4 Å². The van der Waals surface area contributed by atoms with Gasteiger partial charge >= 0.3 is 12.6 Å². The molecule has 0 aliphatic rings. The second kappa shape index (κ2) is 7.90. The highest BCUT2D eigenvalue weighted by Gasteiger charge is 2.22. The number of hydrogen-bond acceptors (Lipinski definition) is 5. The van der Waals surface area contributed by atoms with E-state index in [0.717, 1.165) is 0 Å². The van der Waals surface area contributed by atoms with Crippen molar-refractivity contribution in [2.75, 3.05) is 6.61 Å². The summed E-state index contributed by atoms with van der Waals surface area (Å²) in [6, 6.07) is 5.33. The summed E-state index contributed by atoms with van der Waals surface area (Å²) in [5.74, 6) is -2.04. The molecule has 0 saturated heterocycles. The van der Waals surface area contributed by atoms with Gasteiger partial charge < -0.3 is 14.5 Å². The fourth-order valence-electron chi connectivity index (χ4n) is 2.67. The number of alkyl halides is 2. The van der Waals surface area contributed by atoms with Crippen molar-refractivity contribution in [1.82, 2.24) is 4.98 Å². The van der Waals surface area contributed by atoms with E-state index >= 15 is 0 Å². The number of hydrogen-bond donors (Lipinski definition) is 1. The van der Waals surface area contributed by atoms with Gasteiger partial charge in [-0.15, -0.1) is 0 Å². The van der Waals surface area contributed by atoms with Gasteiger partial charge in [0.2, 0.25) is 5.78 Å². The molecule has 6 nitrogen and oxygen atoms in total. The second-order valence-corrected chi connectivity index (χ2v) is 5.56. The predicted molar refractivity (Wildman–Crippen MR) is 88.0 cm³/mol. The molecule has 2 rings (SSSR count). The molecule has 1 heterocycles. The minimum absolute atomic E-state index is 0.164. The molecular formula is C18H17F2NO5. The Labute approximate surface area is 148 Å². The third-order valence-electron chi connectivity index (χ3n) is 3.73. The first-order valence-electron chi connectivity index (χ1n) is 7.66. The van der Waals surface area contributed by atoms with Crippen LogP contribution in [0.1, 0.15) is 49.4 Å². The maximum atomic E-state index is 12.4. The molecule has 0 saturated carbocycles. The van der Waals surface area contributed by atoms with Crippen molar-refractivity contribution < 1.29 is 32.6 Å². The van der Waals surface area contributed by atoms with Crippen LogP contribution in [0.3, 0.4) is 0 Å². The minimum Gasteiger partial charge on any atom is -0.454 e. The molecule has 138 valence electrons. The number of ketones is 2. The Hall–Kier alpha value is -3.03. The van der Waals surface area contributed by atoms with Gasteiger partial charge in [-0.3, -0.25) is 9.59 Å². The van der Waals surface area contributed by atoms with Gasteiger partial charge in [-0.1, -0.05) is 12.1 Å². The fourth-order valence-corrected chi connectivity index (χ4v) is 2.67. The number of H-pyrrole nitrogens is 1. The number of benzene rings is 1. The van der Waals surface area contributed by atoms with E-state index in [2.05, 4.69) is 9.72 Å². The molecule has 0 spiro atoms. The van der Waals surface area contributed by atoms with E-state index in [1.165, 1.54) is 31.2 Å². The Bertz CT molecular complexity index is 857. The number of aromatic nitrogens is 1. The monoisotopic (exact) mass is 365 g/mol. The molecule has 0 aliphatic carbocycles.